The molecule has 0 bridgehead atoms. The minimum Gasteiger partial charge on any atom is -0.316 e. The third kappa shape index (κ3) is 1.71. The first kappa shape index (κ1) is 7.03. The maximum absolute atomic E-state index is 3.57. The van der Waals surface area contributed by atoms with E-state index in [2.05, 4.69) is 37.2 Å². The van der Waals surface area contributed by atoms with Crippen LogP contribution in [0.5, 0.6) is 0 Å². The van der Waals surface area contributed by atoms with Gasteiger partial charge in [0.15, 0.2) is 0 Å². The van der Waals surface area contributed by atoms with E-state index >= 15 is 0 Å². The molecular weight excluding hydrogens is 234 g/mol. The molecule has 48 valence electrons. The molecule has 1 aliphatic rings. The van der Waals surface area contributed by atoms with Gasteiger partial charge in [0.2, 0.25) is 0 Å². The predicted molar refractivity (Wildman–Crippen MR) is 42.9 cm³/mol. The van der Waals surface area contributed by atoms with Crippen molar-refractivity contribution in [3.05, 3.63) is 0 Å². The molecule has 0 aromatic carbocycles. The van der Waals surface area contributed by atoms with Gasteiger partial charge in [-0.1, -0.05) is 31.9 Å². The average Bonchev–Trinajstić information content (AvgIpc) is 1.77. The van der Waals surface area contributed by atoms with Gasteiger partial charge in [-0.25, -0.2) is 0 Å². The monoisotopic (exact) mass is 241 g/mol. The SMILES string of the molecule is BrC1CCNCC1Br. The second kappa shape index (κ2) is 3.18. The second-order valence-electron chi connectivity index (χ2n) is 2.02. The number of halogens is 2. The maximum atomic E-state index is 3.57. The van der Waals surface area contributed by atoms with Crippen molar-refractivity contribution < 1.29 is 0 Å². The van der Waals surface area contributed by atoms with Crippen molar-refractivity contribution in [2.24, 2.45) is 0 Å². The Morgan fingerprint density at radius 1 is 1.25 bits per heavy atom. The first-order chi connectivity index (χ1) is 3.80. The highest BCUT2D eigenvalue weighted by molar-refractivity contribution is 9.12. The lowest BCUT2D eigenvalue weighted by Crippen LogP contribution is -2.37. The summed E-state index contributed by atoms with van der Waals surface area (Å²) >= 11 is 7.11. The molecule has 0 radical (unpaired) electrons. The number of hydrogen-bond acceptors (Lipinski definition) is 1. The first-order valence-electron chi connectivity index (χ1n) is 2.79. The lowest BCUT2D eigenvalue weighted by atomic mass is 10.2. The van der Waals surface area contributed by atoms with E-state index in [0.717, 1.165) is 13.1 Å². The molecule has 1 aliphatic heterocycles. The molecule has 8 heavy (non-hydrogen) atoms. The number of hydrogen-bond donors (Lipinski definition) is 1. The molecule has 1 fully saturated rings. The Morgan fingerprint density at radius 2 is 2.00 bits per heavy atom. The highest BCUT2D eigenvalue weighted by Gasteiger charge is 2.18. The van der Waals surface area contributed by atoms with E-state index in [4.69, 9.17) is 0 Å². The first-order valence-corrected chi connectivity index (χ1v) is 4.62. The summed E-state index contributed by atoms with van der Waals surface area (Å²) in [6.45, 7) is 2.24. The van der Waals surface area contributed by atoms with E-state index in [1.807, 2.05) is 0 Å². The van der Waals surface area contributed by atoms with E-state index in [-0.39, 0.29) is 0 Å². The summed E-state index contributed by atoms with van der Waals surface area (Å²) in [5.41, 5.74) is 0. The Hall–Kier alpha value is 0.920. The van der Waals surface area contributed by atoms with Crippen LogP contribution in [0, 0.1) is 0 Å². The Bertz CT molecular complexity index is 66.8. The van der Waals surface area contributed by atoms with Crippen molar-refractivity contribution >= 4 is 31.9 Å². The van der Waals surface area contributed by atoms with Crippen LogP contribution < -0.4 is 5.32 Å². The lowest BCUT2D eigenvalue weighted by molar-refractivity contribution is 0.553. The zero-order chi connectivity index (χ0) is 5.98. The molecule has 2 unspecified atom stereocenters. The van der Waals surface area contributed by atoms with E-state index in [0.29, 0.717) is 9.65 Å². The number of piperidine rings is 1. The molecule has 1 heterocycles. The van der Waals surface area contributed by atoms with Crippen LogP contribution in [0.4, 0.5) is 0 Å². The van der Waals surface area contributed by atoms with Crippen LogP contribution in [-0.4, -0.2) is 22.7 Å². The molecule has 0 spiro atoms. The van der Waals surface area contributed by atoms with Gasteiger partial charge >= 0.3 is 0 Å². The fourth-order valence-electron chi connectivity index (χ4n) is 0.789. The molecule has 0 aromatic heterocycles. The van der Waals surface area contributed by atoms with Gasteiger partial charge in [0, 0.05) is 16.2 Å². The van der Waals surface area contributed by atoms with Crippen molar-refractivity contribution in [2.75, 3.05) is 13.1 Å². The van der Waals surface area contributed by atoms with E-state index in [1.54, 1.807) is 0 Å². The summed E-state index contributed by atoms with van der Waals surface area (Å²) in [4.78, 5) is 1.29. The number of rotatable bonds is 0. The highest BCUT2D eigenvalue weighted by atomic mass is 79.9. The third-order valence-corrected chi connectivity index (χ3v) is 4.10. The Kier molecular flexibility index (Phi) is 2.80. The maximum Gasteiger partial charge on any atom is 0.0396 e. The van der Waals surface area contributed by atoms with Crippen molar-refractivity contribution in [2.45, 2.75) is 16.1 Å². The lowest BCUT2D eigenvalue weighted by Gasteiger charge is -2.22. The largest absolute Gasteiger partial charge is 0.316 e. The molecule has 0 aliphatic carbocycles. The van der Waals surface area contributed by atoms with Crippen LogP contribution >= 0.6 is 31.9 Å². The van der Waals surface area contributed by atoms with Crippen LogP contribution in [0.15, 0.2) is 0 Å². The zero-order valence-electron chi connectivity index (χ0n) is 4.53. The molecule has 0 aromatic rings. The van der Waals surface area contributed by atoms with Gasteiger partial charge in [-0.15, -0.1) is 0 Å². The Morgan fingerprint density at radius 3 is 2.38 bits per heavy atom. The quantitative estimate of drug-likeness (QED) is 0.636. The van der Waals surface area contributed by atoms with Gasteiger partial charge in [0.1, 0.15) is 0 Å². The molecule has 0 amide bonds. The normalized spacial score (nSPS) is 39.8. The Labute approximate surface area is 66.5 Å². The van der Waals surface area contributed by atoms with E-state index < -0.39 is 0 Å². The van der Waals surface area contributed by atoms with Gasteiger partial charge in [-0.05, 0) is 13.0 Å². The van der Waals surface area contributed by atoms with Crippen LogP contribution in [0.2, 0.25) is 0 Å². The van der Waals surface area contributed by atoms with Gasteiger partial charge in [-0.3, -0.25) is 0 Å². The smallest absolute Gasteiger partial charge is 0.0396 e. The molecule has 3 heteroatoms. The minimum atomic E-state index is 0.622. The molecule has 2 atom stereocenters. The van der Waals surface area contributed by atoms with Crippen LogP contribution in [0.25, 0.3) is 0 Å². The molecule has 1 saturated heterocycles. The van der Waals surface area contributed by atoms with Crippen LogP contribution in [-0.2, 0) is 0 Å². The van der Waals surface area contributed by atoms with E-state index in [1.165, 1.54) is 6.42 Å². The number of alkyl halides is 2. The Balaban J connectivity index is 2.28. The summed E-state index contributed by atoms with van der Waals surface area (Å²) in [5, 5.41) is 3.29. The number of nitrogens with one attached hydrogen (secondary N) is 1. The van der Waals surface area contributed by atoms with Crippen molar-refractivity contribution in [3.63, 3.8) is 0 Å². The van der Waals surface area contributed by atoms with Crippen molar-refractivity contribution in [1.82, 2.24) is 5.32 Å². The molecule has 1 nitrogen and oxygen atoms in total. The average molecular weight is 243 g/mol. The summed E-state index contributed by atoms with van der Waals surface area (Å²) in [6.07, 6.45) is 1.23. The minimum absolute atomic E-state index is 0.622. The summed E-state index contributed by atoms with van der Waals surface area (Å²) < 4.78 is 0. The molecule has 1 rings (SSSR count). The molecule has 0 saturated carbocycles. The van der Waals surface area contributed by atoms with Crippen molar-refractivity contribution in [1.29, 1.82) is 0 Å². The van der Waals surface area contributed by atoms with Gasteiger partial charge in [0.25, 0.3) is 0 Å². The molecular formula is C5H9Br2N. The third-order valence-electron chi connectivity index (χ3n) is 1.33. The summed E-state index contributed by atoms with van der Waals surface area (Å²) in [7, 11) is 0. The second-order valence-corrected chi connectivity index (χ2v) is 4.38. The van der Waals surface area contributed by atoms with Crippen molar-refractivity contribution in [3.8, 4) is 0 Å². The van der Waals surface area contributed by atoms with Gasteiger partial charge in [-0.2, -0.15) is 0 Å². The van der Waals surface area contributed by atoms with Crippen LogP contribution in [0.1, 0.15) is 6.42 Å². The topological polar surface area (TPSA) is 12.0 Å². The standard InChI is InChI=1S/C5H9Br2N/c6-4-1-2-8-3-5(4)7/h4-5,8H,1-3H2. The van der Waals surface area contributed by atoms with Gasteiger partial charge < -0.3 is 5.32 Å². The van der Waals surface area contributed by atoms with E-state index in [9.17, 15) is 0 Å². The predicted octanol–water partition coefficient (Wildman–Crippen LogP) is 1.51. The summed E-state index contributed by atoms with van der Waals surface area (Å²) in [5.74, 6) is 0. The fraction of sp³-hybridized carbons (Fsp3) is 1.00. The highest BCUT2D eigenvalue weighted by Crippen LogP contribution is 2.19. The zero-order valence-corrected chi connectivity index (χ0v) is 7.70. The molecule has 1 N–H and O–H groups in total. The van der Waals surface area contributed by atoms with Gasteiger partial charge in [0.05, 0.1) is 0 Å². The fourth-order valence-corrected chi connectivity index (χ4v) is 1.70. The van der Waals surface area contributed by atoms with Crippen LogP contribution in [0.3, 0.4) is 0 Å². The summed E-state index contributed by atoms with van der Waals surface area (Å²) in [6, 6.07) is 0.